The Bertz CT molecular complexity index is 622. The summed E-state index contributed by atoms with van der Waals surface area (Å²) in [5, 5.41) is 0. The molecule has 3 heteroatoms. The lowest BCUT2D eigenvalue weighted by atomic mass is 9.56. The lowest BCUT2D eigenvalue weighted by molar-refractivity contribution is 0.0197. The Morgan fingerprint density at radius 1 is 1.36 bits per heavy atom. The van der Waals surface area contributed by atoms with Crippen LogP contribution < -0.4 is 5.73 Å². The first kappa shape index (κ1) is 14.3. The van der Waals surface area contributed by atoms with Gasteiger partial charge in [-0.05, 0) is 67.8 Å². The molecule has 3 aliphatic rings. The molecule has 2 aliphatic carbocycles. The highest BCUT2D eigenvalue weighted by Crippen LogP contribution is 2.51. The van der Waals surface area contributed by atoms with Crippen molar-refractivity contribution in [2.45, 2.75) is 51.0 Å². The third-order valence-electron chi connectivity index (χ3n) is 6.52. The molecule has 1 aliphatic heterocycles. The number of likely N-dealkylation sites (tertiary alicyclic amines) is 1. The highest BCUT2D eigenvalue weighted by atomic mass is 16.1. The molecule has 3 atom stereocenters. The Morgan fingerprint density at radius 3 is 2.82 bits per heavy atom. The second kappa shape index (κ2) is 4.82. The quantitative estimate of drug-likeness (QED) is 0.871. The summed E-state index contributed by atoms with van der Waals surface area (Å²) >= 11 is 0. The van der Waals surface area contributed by atoms with Gasteiger partial charge in [-0.3, -0.25) is 9.69 Å². The van der Waals surface area contributed by atoms with Gasteiger partial charge in [0, 0.05) is 23.2 Å². The Hall–Kier alpha value is -1.35. The average Bonchev–Trinajstić information content (AvgIpc) is 3.30. The van der Waals surface area contributed by atoms with Gasteiger partial charge in [-0.2, -0.15) is 0 Å². The number of fused-ring (bicyclic) bond motifs is 4. The van der Waals surface area contributed by atoms with E-state index in [0.29, 0.717) is 11.7 Å². The van der Waals surface area contributed by atoms with Crippen molar-refractivity contribution in [1.82, 2.24) is 4.90 Å². The van der Waals surface area contributed by atoms with Gasteiger partial charge < -0.3 is 5.73 Å². The molecule has 0 amide bonds. The van der Waals surface area contributed by atoms with Crippen molar-refractivity contribution in [2.75, 3.05) is 18.8 Å². The Balaban J connectivity index is 1.81. The molecule has 1 aromatic rings. The topological polar surface area (TPSA) is 46.3 Å². The molecule has 1 heterocycles. The normalized spacial score (nSPS) is 34.5. The van der Waals surface area contributed by atoms with Crippen LogP contribution in [0.1, 0.15) is 55.5 Å². The number of rotatable bonds is 3. The predicted molar refractivity (Wildman–Crippen MR) is 89.0 cm³/mol. The van der Waals surface area contributed by atoms with Gasteiger partial charge in [-0.25, -0.2) is 0 Å². The first-order chi connectivity index (χ1) is 10.6. The number of nitrogen functional groups attached to an aromatic ring is 1. The summed E-state index contributed by atoms with van der Waals surface area (Å²) in [6, 6.07) is 6.00. The number of carbonyl (C=O) groups is 1. The van der Waals surface area contributed by atoms with Gasteiger partial charge in [-0.1, -0.05) is 13.8 Å². The fraction of sp³-hybridized carbons (Fsp3) is 0.632. The van der Waals surface area contributed by atoms with Crippen molar-refractivity contribution in [1.29, 1.82) is 0 Å². The SMILES string of the molecule is CC[C@]12CCN(CC3CC3)[C@H](C(=O)c3ccc(N)cc31)[C@@H]2C. The second-order valence-corrected chi connectivity index (χ2v) is 7.60. The van der Waals surface area contributed by atoms with Crippen LogP contribution in [0.15, 0.2) is 18.2 Å². The van der Waals surface area contributed by atoms with E-state index in [0.717, 1.165) is 43.1 Å². The Kier molecular flexibility index (Phi) is 3.12. The third-order valence-corrected chi connectivity index (χ3v) is 6.52. The van der Waals surface area contributed by atoms with Gasteiger partial charge in [0.1, 0.15) is 0 Å². The van der Waals surface area contributed by atoms with Crippen LogP contribution in [0.5, 0.6) is 0 Å². The standard InChI is InChI=1S/C19H26N2O/c1-3-19-8-9-21(11-13-4-5-13)17(12(19)2)18(22)15-7-6-14(20)10-16(15)19/h6-7,10,12-13,17H,3-5,8-9,11,20H2,1-2H3/t12-,17-,19+/m0/s1. The van der Waals surface area contributed by atoms with Crippen molar-refractivity contribution in [3.63, 3.8) is 0 Å². The van der Waals surface area contributed by atoms with E-state index in [1.165, 1.54) is 18.4 Å². The lowest BCUT2D eigenvalue weighted by Crippen LogP contribution is -2.61. The molecule has 4 rings (SSSR count). The van der Waals surface area contributed by atoms with Gasteiger partial charge in [0.25, 0.3) is 0 Å². The summed E-state index contributed by atoms with van der Waals surface area (Å²) in [5.41, 5.74) is 9.09. The lowest BCUT2D eigenvalue weighted by Gasteiger charge is -2.55. The predicted octanol–water partition coefficient (Wildman–Crippen LogP) is 3.23. The molecule has 0 unspecified atom stereocenters. The molecule has 2 N–H and O–H groups in total. The van der Waals surface area contributed by atoms with Crippen LogP contribution in [-0.2, 0) is 5.41 Å². The number of anilines is 1. The highest BCUT2D eigenvalue weighted by molar-refractivity contribution is 6.04. The number of carbonyl (C=O) groups excluding carboxylic acids is 1. The van der Waals surface area contributed by atoms with Gasteiger partial charge in [-0.15, -0.1) is 0 Å². The number of nitrogens with two attached hydrogens (primary N) is 1. The fourth-order valence-electron chi connectivity index (χ4n) is 4.98. The highest BCUT2D eigenvalue weighted by Gasteiger charge is 2.54. The van der Waals surface area contributed by atoms with Crippen molar-refractivity contribution in [3.05, 3.63) is 29.3 Å². The van der Waals surface area contributed by atoms with Gasteiger partial charge in [0.2, 0.25) is 0 Å². The average molecular weight is 298 g/mol. The summed E-state index contributed by atoms with van der Waals surface area (Å²) in [7, 11) is 0. The summed E-state index contributed by atoms with van der Waals surface area (Å²) in [6.45, 7) is 6.73. The molecule has 0 radical (unpaired) electrons. The van der Waals surface area contributed by atoms with E-state index >= 15 is 0 Å². The van der Waals surface area contributed by atoms with Gasteiger partial charge in [0.15, 0.2) is 5.78 Å². The minimum Gasteiger partial charge on any atom is -0.399 e. The van der Waals surface area contributed by atoms with E-state index in [1.807, 2.05) is 12.1 Å². The van der Waals surface area contributed by atoms with Crippen LogP contribution in [-0.4, -0.2) is 29.8 Å². The molecule has 1 saturated heterocycles. The molecule has 1 aromatic carbocycles. The monoisotopic (exact) mass is 298 g/mol. The van der Waals surface area contributed by atoms with E-state index in [9.17, 15) is 4.79 Å². The zero-order chi connectivity index (χ0) is 15.5. The van der Waals surface area contributed by atoms with E-state index in [4.69, 9.17) is 5.73 Å². The maximum Gasteiger partial charge on any atom is 0.180 e. The summed E-state index contributed by atoms with van der Waals surface area (Å²) in [4.78, 5) is 15.6. The second-order valence-electron chi connectivity index (χ2n) is 7.60. The van der Waals surface area contributed by atoms with Gasteiger partial charge in [0.05, 0.1) is 6.04 Å². The zero-order valence-electron chi connectivity index (χ0n) is 13.6. The number of benzene rings is 1. The molecule has 2 bridgehead atoms. The van der Waals surface area contributed by atoms with Crippen LogP contribution in [0.2, 0.25) is 0 Å². The molecule has 118 valence electrons. The number of ketones is 1. The molecule has 0 aromatic heterocycles. The number of hydrogen-bond donors (Lipinski definition) is 1. The minimum atomic E-state index is 0.0745. The van der Waals surface area contributed by atoms with E-state index < -0.39 is 0 Å². The molecular formula is C19H26N2O. The summed E-state index contributed by atoms with van der Waals surface area (Å²) < 4.78 is 0. The molecule has 0 spiro atoms. The summed E-state index contributed by atoms with van der Waals surface area (Å²) in [6.07, 6.45) is 4.93. The van der Waals surface area contributed by atoms with Crippen molar-refractivity contribution >= 4 is 11.5 Å². The molecule has 3 nitrogen and oxygen atoms in total. The van der Waals surface area contributed by atoms with Crippen LogP contribution in [0.25, 0.3) is 0 Å². The van der Waals surface area contributed by atoms with Crippen molar-refractivity contribution < 1.29 is 4.79 Å². The number of hydrogen-bond acceptors (Lipinski definition) is 3. The van der Waals surface area contributed by atoms with Crippen LogP contribution in [0.3, 0.4) is 0 Å². The Morgan fingerprint density at radius 2 is 2.14 bits per heavy atom. The smallest absolute Gasteiger partial charge is 0.180 e. The molecule has 2 fully saturated rings. The van der Waals surface area contributed by atoms with Crippen molar-refractivity contribution in [2.24, 2.45) is 11.8 Å². The zero-order valence-corrected chi connectivity index (χ0v) is 13.6. The van der Waals surface area contributed by atoms with Crippen LogP contribution in [0, 0.1) is 11.8 Å². The maximum atomic E-state index is 13.1. The van der Waals surface area contributed by atoms with Crippen LogP contribution >= 0.6 is 0 Å². The van der Waals surface area contributed by atoms with E-state index in [-0.39, 0.29) is 11.5 Å². The summed E-state index contributed by atoms with van der Waals surface area (Å²) in [5.74, 6) is 1.54. The third kappa shape index (κ3) is 1.88. The first-order valence-electron chi connectivity index (χ1n) is 8.75. The Labute approximate surface area is 132 Å². The number of piperidine rings is 1. The van der Waals surface area contributed by atoms with E-state index in [2.05, 4.69) is 24.8 Å². The molecule has 1 saturated carbocycles. The minimum absolute atomic E-state index is 0.0745. The number of nitrogens with zero attached hydrogens (tertiary/aromatic N) is 1. The fourth-order valence-corrected chi connectivity index (χ4v) is 4.98. The van der Waals surface area contributed by atoms with Crippen molar-refractivity contribution in [3.8, 4) is 0 Å². The molecular weight excluding hydrogens is 272 g/mol. The van der Waals surface area contributed by atoms with Crippen LogP contribution in [0.4, 0.5) is 5.69 Å². The first-order valence-corrected chi connectivity index (χ1v) is 8.75. The van der Waals surface area contributed by atoms with Gasteiger partial charge >= 0.3 is 0 Å². The largest absolute Gasteiger partial charge is 0.399 e. The maximum absolute atomic E-state index is 13.1. The van der Waals surface area contributed by atoms with E-state index in [1.54, 1.807) is 0 Å². The molecule has 22 heavy (non-hydrogen) atoms. The number of Topliss-reactive ketones (excluding diaryl/α,β-unsaturated/α-hetero) is 1.